The van der Waals surface area contributed by atoms with Gasteiger partial charge in [-0.3, -0.25) is 0 Å². The third kappa shape index (κ3) is 1.70. The number of nitrogens with zero attached hydrogens (tertiary/aromatic N) is 1. The van der Waals surface area contributed by atoms with Crippen molar-refractivity contribution in [2.24, 2.45) is 0 Å². The summed E-state index contributed by atoms with van der Waals surface area (Å²) in [5.41, 5.74) is 6.93. The van der Waals surface area contributed by atoms with Crippen LogP contribution in [0, 0.1) is 6.92 Å². The summed E-state index contributed by atoms with van der Waals surface area (Å²) in [7, 11) is 0. The summed E-state index contributed by atoms with van der Waals surface area (Å²) in [6.45, 7) is 2.18. The van der Waals surface area contributed by atoms with Crippen molar-refractivity contribution < 1.29 is 0 Å². The van der Waals surface area contributed by atoms with E-state index in [0.29, 0.717) is 0 Å². The Bertz CT molecular complexity index is 769. The van der Waals surface area contributed by atoms with Crippen molar-refractivity contribution in [1.29, 1.82) is 0 Å². The summed E-state index contributed by atoms with van der Waals surface area (Å²) < 4.78 is 2.44. The molecule has 0 amide bonds. The van der Waals surface area contributed by atoms with Gasteiger partial charge in [-0.15, -0.1) is 0 Å². The Balaban J connectivity index is 2.07. The number of benzene rings is 1. The van der Waals surface area contributed by atoms with Crippen LogP contribution in [0.3, 0.4) is 0 Å². The molecule has 0 fully saturated rings. The molecule has 1 aromatic carbocycles. The molecule has 20 heavy (non-hydrogen) atoms. The lowest BCUT2D eigenvalue weighted by Crippen LogP contribution is -2.02. The van der Waals surface area contributed by atoms with Gasteiger partial charge in [-0.1, -0.05) is 29.9 Å². The fraction of sp³-hybridized carbons (Fsp3) is 0.263. The lowest BCUT2D eigenvalue weighted by Gasteiger charge is -2.14. The number of hydrogen-bond acceptors (Lipinski definition) is 0. The molecular formula is C19H19N. The Kier molecular flexibility index (Phi) is 2.66. The summed E-state index contributed by atoms with van der Waals surface area (Å²) in [6.07, 6.45) is 16.2. The Morgan fingerprint density at radius 2 is 1.90 bits per heavy atom. The highest BCUT2D eigenvalue weighted by Crippen LogP contribution is 2.35. The van der Waals surface area contributed by atoms with Gasteiger partial charge in [-0.05, 0) is 62.5 Å². The van der Waals surface area contributed by atoms with E-state index in [4.69, 9.17) is 0 Å². The average molecular weight is 261 g/mol. The smallest absolute Gasteiger partial charge is 0.0537 e. The van der Waals surface area contributed by atoms with E-state index >= 15 is 0 Å². The molecule has 0 bridgehead atoms. The number of fused-ring (bicyclic) bond motifs is 3. The molecule has 1 aromatic heterocycles. The molecule has 100 valence electrons. The fourth-order valence-electron chi connectivity index (χ4n) is 3.39. The van der Waals surface area contributed by atoms with Gasteiger partial charge in [0, 0.05) is 16.8 Å². The number of aromatic nitrogens is 1. The van der Waals surface area contributed by atoms with Crippen LogP contribution >= 0.6 is 0 Å². The van der Waals surface area contributed by atoms with E-state index in [1.54, 1.807) is 0 Å². The molecule has 0 spiro atoms. The second-order valence-corrected chi connectivity index (χ2v) is 5.77. The van der Waals surface area contributed by atoms with Crippen LogP contribution in [0.4, 0.5) is 0 Å². The second-order valence-electron chi connectivity index (χ2n) is 5.77. The van der Waals surface area contributed by atoms with E-state index < -0.39 is 0 Å². The minimum atomic E-state index is 1.15. The minimum Gasteiger partial charge on any atom is -0.310 e. The van der Waals surface area contributed by atoms with Crippen molar-refractivity contribution in [3.63, 3.8) is 0 Å². The van der Waals surface area contributed by atoms with Gasteiger partial charge in [-0.2, -0.15) is 0 Å². The van der Waals surface area contributed by atoms with Gasteiger partial charge in [-0.25, -0.2) is 0 Å². The summed E-state index contributed by atoms with van der Waals surface area (Å²) in [5, 5.41) is 1.43. The van der Waals surface area contributed by atoms with Gasteiger partial charge in [0.25, 0.3) is 0 Å². The van der Waals surface area contributed by atoms with E-state index in [-0.39, 0.29) is 0 Å². The standard InChI is InChI=1S/C19H19N/c1-14-11-12-19-17(13-14)16-9-5-6-10-18(16)20(19)15-7-3-2-4-8-15/h3,6-8,10-13H,2,4-5,9H2,1H3. The topological polar surface area (TPSA) is 4.93 Å². The van der Waals surface area contributed by atoms with E-state index in [9.17, 15) is 0 Å². The molecule has 2 aromatic rings. The summed E-state index contributed by atoms with van der Waals surface area (Å²) >= 11 is 0. The minimum absolute atomic E-state index is 1.15. The maximum atomic E-state index is 2.44. The Hall–Kier alpha value is -2.02. The van der Waals surface area contributed by atoms with Gasteiger partial charge in [0.2, 0.25) is 0 Å². The van der Waals surface area contributed by atoms with Crippen LogP contribution in [0.5, 0.6) is 0 Å². The van der Waals surface area contributed by atoms with E-state index in [2.05, 4.69) is 60.1 Å². The maximum Gasteiger partial charge on any atom is 0.0537 e. The number of allylic oxidation sites excluding steroid dienone is 5. The fourth-order valence-corrected chi connectivity index (χ4v) is 3.39. The molecular weight excluding hydrogens is 242 g/mol. The molecule has 1 heterocycles. The molecule has 4 rings (SSSR count). The van der Waals surface area contributed by atoms with Crippen LogP contribution in [0.1, 0.15) is 36.1 Å². The predicted octanol–water partition coefficient (Wildman–Crippen LogP) is 5.10. The molecule has 2 aliphatic rings. The Morgan fingerprint density at radius 1 is 1.00 bits per heavy atom. The zero-order chi connectivity index (χ0) is 13.5. The number of rotatable bonds is 1. The summed E-state index contributed by atoms with van der Waals surface area (Å²) in [5.74, 6) is 0. The molecule has 0 aliphatic heterocycles. The first-order valence-electron chi connectivity index (χ1n) is 7.52. The second kappa shape index (κ2) is 4.52. The van der Waals surface area contributed by atoms with Crippen molar-refractivity contribution in [2.75, 3.05) is 0 Å². The maximum absolute atomic E-state index is 2.44. The third-order valence-electron chi connectivity index (χ3n) is 4.34. The SMILES string of the molecule is Cc1ccc2c(c1)c1c(n2C2=CCCC=C2)C=CCC1. The highest BCUT2D eigenvalue weighted by molar-refractivity contribution is 5.93. The molecule has 2 aliphatic carbocycles. The molecule has 0 N–H and O–H groups in total. The molecule has 0 saturated heterocycles. The molecule has 0 unspecified atom stereocenters. The van der Waals surface area contributed by atoms with Crippen LogP contribution in [0.25, 0.3) is 22.7 Å². The monoisotopic (exact) mass is 261 g/mol. The van der Waals surface area contributed by atoms with Crippen LogP contribution in [0.2, 0.25) is 0 Å². The van der Waals surface area contributed by atoms with Gasteiger partial charge in [0.15, 0.2) is 0 Å². The number of aryl methyl sites for hydroxylation is 2. The van der Waals surface area contributed by atoms with Crippen LogP contribution in [-0.2, 0) is 6.42 Å². The first kappa shape index (κ1) is 11.8. The first-order chi connectivity index (χ1) is 9.84. The quantitative estimate of drug-likeness (QED) is 0.673. The van der Waals surface area contributed by atoms with Crippen molar-refractivity contribution in [2.45, 2.75) is 32.6 Å². The molecule has 1 heteroatoms. The van der Waals surface area contributed by atoms with Crippen LogP contribution in [-0.4, -0.2) is 4.57 Å². The normalized spacial score (nSPS) is 17.4. The van der Waals surface area contributed by atoms with Crippen LogP contribution in [0.15, 0.2) is 42.5 Å². The van der Waals surface area contributed by atoms with Crippen LogP contribution < -0.4 is 0 Å². The highest BCUT2D eigenvalue weighted by atomic mass is 15.0. The molecule has 1 nitrogen and oxygen atoms in total. The largest absolute Gasteiger partial charge is 0.310 e. The van der Waals surface area contributed by atoms with Crippen molar-refractivity contribution >= 4 is 22.7 Å². The summed E-state index contributed by atoms with van der Waals surface area (Å²) in [6, 6.07) is 6.85. The lowest BCUT2D eigenvalue weighted by molar-refractivity contribution is 0.963. The Morgan fingerprint density at radius 3 is 2.75 bits per heavy atom. The van der Waals surface area contributed by atoms with Gasteiger partial charge in [0.1, 0.15) is 0 Å². The van der Waals surface area contributed by atoms with Crippen molar-refractivity contribution in [3.05, 3.63) is 59.3 Å². The van der Waals surface area contributed by atoms with E-state index in [0.717, 1.165) is 19.3 Å². The highest BCUT2D eigenvalue weighted by Gasteiger charge is 2.18. The van der Waals surface area contributed by atoms with Gasteiger partial charge >= 0.3 is 0 Å². The zero-order valence-electron chi connectivity index (χ0n) is 11.9. The van der Waals surface area contributed by atoms with Crippen molar-refractivity contribution in [3.8, 4) is 0 Å². The van der Waals surface area contributed by atoms with E-state index in [1.165, 1.54) is 39.8 Å². The first-order valence-corrected chi connectivity index (χ1v) is 7.52. The van der Waals surface area contributed by atoms with E-state index in [1.807, 2.05) is 0 Å². The third-order valence-corrected chi connectivity index (χ3v) is 4.34. The summed E-state index contributed by atoms with van der Waals surface area (Å²) in [4.78, 5) is 0. The average Bonchev–Trinajstić information content (AvgIpc) is 2.82. The lowest BCUT2D eigenvalue weighted by atomic mass is 10.00. The van der Waals surface area contributed by atoms with Crippen molar-refractivity contribution in [1.82, 2.24) is 4.57 Å². The Labute approximate surface area is 119 Å². The molecule has 0 radical (unpaired) electrons. The van der Waals surface area contributed by atoms with Gasteiger partial charge in [0.05, 0.1) is 5.52 Å². The predicted molar refractivity (Wildman–Crippen MR) is 86.7 cm³/mol. The number of hydrogen-bond donors (Lipinski definition) is 0. The zero-order valence-corrected chi connectivity index (χ0v) is 11.9. The molecule has 0 atom stereocenters. The van der Waals surface area contributed by atoms with Gasteiger partial charge < -0.3 is 4.57 Å². The molecule has 0 saturated carbocycles.